The molecule has 0 aliphatic carbocycles. The topological polar surface area (TPSA) is 68.0 Å². The number of hydrogen-bond acceptors (Lipinski definition) is 5. The van der Waals surface area contributed by atoms with Crippen molar-refractivity contribution in [2.45, 2.75) is 19.4 Å². The SMILES string of the molecule is CSCC[C@H](N)C(=O)Nc1nc(-c2ccc(F)cc2)c(C)s1. The van der Waals surface area contributed by atoms with Crippen LogP contribution in [0.1, 0.15) is 11.3 Å². The molecule has 0 bridgehead atoms. The third-order valence-electron chi connectivity index (χ3n) is 3.11. The van der Waals surface area contributed by atoms with E-state index in [-0.39, 0.29) is 11.7 Å². The summed E-state index contributed by atoms with van der Waals surface area (Å²) in [6, 6.07) is 5.60. The molecule has 0 aliphatic heterocycles. The summed E-state index contributed by atoms with van der Waals surface area (Å²) in [7, 11) is 0. The summed E-state index contributed by atoms with van der Waals surface area (Å²) in [6.07, 6.45) is 2.60. The molecule has 2 aromatic rings. The van der Waals surface area contributed by atoms with Crippen molar-refractivity contribution in [1.29, 1.82) is 0 Å². The van der Waals surface area contributed by atoms with Crippen molar-refractivity contribution in [2.75, 3.05) is 17.3 Å². The molecular weight excluding hydrogens is 321 g/mol. The number of thioether (sulfide) groups is 1. The zero-order valence-corrected chi connectivity index (χ0v) is 14.1. The number of carbonyl (C=O) groups excluding carboxylic acids is 1. The highest BCUT2D eigenvalue weighted by Crippen LogP contribution is 2.30. The number of nitrogens with one attached hydrogen (secondary N) is 1. The largest absolute Gasteiger partial charge is 0.320 e. The van der Waals surface area contributed by atoms with E-state index < -0.39 is 6.04 Å². The van der Waals surface area contributed by atoms with Crippen molar-refractivity contribution in [1.82, 2.24) is 4.98 Å². The lowest BCUT2D eigenvalue weighted by atomic mass is 10.1. The Hall–Kier alpha value is -1.44. The summed E-state index contributed by atoms with van der Waals surface area (Å²) in [6.45, 7) is 1.92. The molecule has 1 atom stereocenters. The van der Waals surface area contributed by atoms with Gasteiger partial charge in [0.15, 0.2) is 5.13 Å². The standard InChI is InChI=1S/C15H18FN3OS2/c1-9-13(10-3-5-11(16)6-4-10)18-15(22-9)19-14(20)12(17)7-8-21-2/h3-6,12H,7-8,17H2,1-2H3,(H,18,19,20)/t12-/m0/s1. The molecule has 1 heterocycles. The third-order valence-corrected chi connectivity index (χ3v) is 4.64. The summed E-state index contributed by atoms with van der Waals surface area (Å²) < 4.78 is 13.0. The van der Waals surface area contributed by atoms with Crippen LogP contribution >= 0.6 is 23.1 Å². The van der Waals surface area contributed by atoms with Gasteiger partial charge in [0.2, 0.25) is 5.91 Å². The van der Waals surface area contributed by atoms with Gasteiger partial charge in [-0.05, 0) is 49.6 Å². The molecule has 0 radical (unpaired) electrons. The third kappa shape index (κ3) is 4.28. The molecule has 118 valence electrons. The smallest absolute Gasteiger partial charge is 0.243 e. The highest BCUT2D eigenvalue weighted by molar-refractivity contribution is 7.98. The molecule has 1 aromatic carbocycles. The molecule has 2 rings (SSSR count). The zero-order chi connectivity index (χ0) is 16.1. The van der Waals surface area contributed by atoms with Gasteiger partial charge in [-0.2, -0.15) is 11.8 Å². The minimum absolute atomic E-state index is 0.228. The number of hydrogen-bond donors (Lipinski definition) is 2. The predicted molar refractivity (Wildman–Crippen MR) is 91.8 cm³/mol. The lowest BCUT2D eigenvalue weighted by Gasteiger charge is -2.09. The van der Waals surface area contributed by atoms with Gasteiger partial charge in [0.25, 0.3) is 0 Å². The molecule has 0 saturated heterocycles. The highest BCUT2D eigenvalue weighted by Gasteiger charge is 2.16. The van der Waals surface area contributed by atoms with Gasteiger partial charge < -0.3 is 11.1 Å². The van der Waals surface area contributed by atoms with Crippen molar-refractivity contribution in [3.8, 4) is 11.3 Å². The van der Waals surface area contributed by atoms with E-state index in [1.54, 1.807) is 23.9 Å². The fourth-order valence-electron chi connectivity index (χ4n) is 1.90. The molecule has 4 nitrogen and oxygen atoms in total. The maximum Gasteiger partial charge on any atom is 0.243 e. The van der Waals surface area contributed by atoms with Crippen molar-refractivity contribution in [2.24, 2.45) is 5.73 Å². The zero-order valence-electron chi connectivity index (χ0n) is 12.4. The van der Waals surface area contributed by atoms with Crippen molar-refractivity contribution >= 4 is 34.1 Å². The van der Waals surface area contributed by atoms with Gasteiger partial charge in [-0.3, -0.25) is 4.79 Å². The number of aryl methyl sites for hydroxylation is 1. The van der Waals surface area contributed by atoms with Gasteiger partial charge in [-0.15, -0.1) is 11.3 Å². The fourth-order valence-corrected chi connectivity index (χ4v) is 3.23. The number of benzene rings is 1. The van der Waals surface area contributed by atoms with E-state index in [4.69, 9.17) is 5.73 Å². The molecule has 0 saturated carbocycles. The molecular formula is C15H18FN3OS2. The summed E-state index contributed by atoms with van der Waals surface area (Å²) in [5.74, 6) is 0.324. The average molecular weight is 339 g/mol. The van der Waals surface area contributed by atoms with Gasteiger partial charge in [-0.25, -0.2) is 9.37 Å². The van der Waals surface area contributed by atoms with Gasteiger partial charge in [-0.1, -0.05) is 0 Å². The summed E-state index contributed by atoms with van der Waals surface area (Å²) in [5.41, 5.74) is 7.40. The lowest BCUT2D eigenvalue weighted by Crippen LogP contribution is -2.36. The number of halogens is 1. The first kappa shape index (κ1) is 16.9. The molecule has 0 spiro atoms. The lowest BCUT2D eigenvalue weighted by molar-refractivity contribution is -0.117. The molecule has 1 amide bonds. The Bertz CT molecular complexity index is 643. The van der Waals surface area contributed by atoms with Crippen LogP contribution in [0, 0.1) is 12.7 Å². The molecule has 0 fully saturated rings. The molecule has 7 heteroatoms. The summed E-state index contributed by atoms with van der Waals surface area (Å²) in [5, 5.41) is 3.27. The van der Waals surface area contributed by atoms with E-state index >= 15 is 0 Å². The van der Waals surface area contributed by atoms with Gasteiger partial charge in [0, 0.05) is 10.4 Å². The molecule has 22 heavy (non-hydrogen) atoms. The minimum Gasteiger partial charge on any atom is -0.320 e. The number of aromatic nitrogens is 1. The number of thiazole rings is 1. The van der Waals surface area contributed by atoms with E-state index in [2.05, 4.69) is 10.3 Å². The quantitative estimate of drug-likeness (QED) is 0.847. The Morgan fingerprint density at radius 2 is 2.14 bits per heavy atom. The van der Waals surface area contributed by atoms with Gasteiger partial charge >= 0.3 is 0 Å². The van der Waals surface area contributed by atoms with E-state index in [1.165, 1.54) is 23.5 Å². The van der Waals surface area contributed by atoms with E-state index in [9.17, 15) is 9.18 Å². The van der Waals surface area contributed by atoms with Crippen LogP contribution in [0.5, 0.6) is 0 Å². The number of anilines is 1. The Morgan fingerprint density at radius 3 is 2.77 bits per heavy atom. The van der Waals surface area contributed by atoms with Crippen LogP contribution in [-0.2, 0) is 4.79 Å². The summed E-state index contributed by atoms with van der Waals surface area (Å²) >= 11 is 3.04. The van der Waals surface area contributed by atoms with Gasteiger partial charge in [0.1, 0.15) is 5.82 Å². The Labute approximate surface area is 137 Å². The molecule has 0 unspecified atom stereocenters. The number of amides is 1. The summed E-state index contributed by atoms with van der Waals surface area (Å²) in [4.78, 5) is 17.4. The molecule has 3 N–H and O–H groups in total. The van der Waals surface area contributed by atoms with Crippen LogP contribution in [0.2, 0.25) is 0 Å². The highest BCUT2D eigenvalue weighted by atomic mass is 32.2. The fraction of sp³-hybridized carbons (Fsp3) is 0.333. The monoisotopic (exact) mass is 339 g/mol. The second-order valence-electron chi connectivity index (χ2n) is 4.81. The maximum absolute atomic E-state index is 13.0. The van der Waals surface area contributed by atoms with Crippen LogP contribution in [0.15, 0.2) is 24.3 Å². The second kappa shape index (κ2) is 7.71. The van der Waals surface area contributed by atoms with Crippen LogP contribution < -0.4 is 11.1 Å². The second-order valence-corrected chi connectivity index (χ2v) is 7.00. The van der Waals surface area contributed by atoms with Crippen molar-refractivity contribution in [3.05, 3.63) is 35.0 Å². The number of rotatable bonds is 6. The van der Waals surface area contributed by atoms with Crippen LogP contribution in [0.3, 0.4) is 0 Å². The number of nitrogens with zero attached hydrogens (tertiary/aromatic N) is 1. The Morgan fingerprint density at radius 1 is 1.45 bits per heavy atom. The number of nitrogens with two attached hydrogens (primary N) is 1. The minimum atomic E-state index is -0.536. The van der Waals surface area contributed by atoms with E-state index in [0.717, 1.165) is 21.9 Å². The normalized spacial score (nSPS) is 12.2. The molecule has 1 aromatic heterocycles. The Balaban J connectivity index is 2.09. The maximum atomic E-state index is 13.0. The van der Waals surface area contributed by atoms with Crippen molar-refractivity contribution < 1.29 is 9.18 Å². The van der Waals surface area contributed by atoms with Crippen LogP contribution in [-0.4, -0.2) is 28.9 Å². The van der Waals surface area contributed by atoms with Crippen molar-refractivity contribution in [3.63, 3.8) is 0 Å². The predicted octanol–water partition coefficient (Wildman–Crippen LogP) is 3.28. The van der Waals surface area contributed by atoms with E-state index in [0.29, 0.717) is 11.6 Å². The van der Waals surface area contributed by atoms with Gasteiger partial charge in [0.05, 0.1) is 11.7 Å². The first-order valence-corrected chi connectivity index (χ1v) is 9.01. The Kier molecular flexibility index (Phi) is 5.93. The van der Waals surface area contributed by atoms with Crippen LogP contribution in [0.25, 0.3) is 11.3 Å². The van der Waals surface area contributed by atoms with Crippen LogP contribution in [0.4, 0.5) is 9.52 Å². The first-order chi connectivity index (χ1) is 10.5. The average Bonchev–Trinajstić information content (AvgIpc) is 2.86. The number of carbonyl (C=O) groups is 1. The first-order valence-electron chi connectivity index (χ1n) is 6.80. The van der Waals surface area contributed by atoms with E-state index in [1.807, 2.05) is 13.2 Å². The molecule has 0 aliphatic rings.